The van der Waals surface area contributed by atoms with Crippen LogP contribution in [0, 0.1) is 0 Å². The summed E-state index contributed by atoms with van der Waals surface area (Å²) in [7, 11) is 0. The zero-order valence-electron chi connectivity index (χ0n) is 17.4. The molecular weight excluding hydrogens is 394 g/mol. The molecule has 0 bridgehead atoms. The summed E-state index contributed by atoms with van der Waals surface area (Å²) >= 11 is 0. The molecule has 3 nitrogen and oxygen atoms in total. The van der Waals surface area contributed by atoms with E-state index in [1.807, 2.05) is 60.7 Å². The highest BCUT2D eigenvalue weighted by Gasteiger charge is 2.11. The summed E-state index contributed by atoms with van der Waals surface area (Å²) < 4.78 is 5.29. The minimum atomic E-state index is -0.337. The Labute approximate surface area is 186 Å². The van der Waals surface area contributed by atoms with Crippen LogP contribution in [-0.2, 0) is 0 Å². The van der Waals surface area contributed by atoms with E-state index in [4.69, 9.17) is 4.42 Å². The van der Waals surface area contributed by atoms with Crippen LogP contribution in [0.3, 0.4) is 0 Å². The fourth-order valence-electron chi connectivity index (χ4n) is 3.71. The van der Waals surface area contributed by atoms with Gasteiger partial charge in [-0.2, -0.15) is 0 Å². The summed E-state index contributed by atoms with van der Waals surface area (Å²) in [5, 5.41) is 0.910. The van der Waals surface area contributed by atoms with Gasteiger partial charge < -0.3 is 9.32 Å². The lowest BCUT2D eigenvalue weighted by molar-refractivity contribution is 0.561. The Balaban J connectivity index is 1.43. The van der Waals surface area contributed by atoms with Gasteiger partial charge in [0.05, 0.1) is 0 Å². The third kappa shape index (κ3) is 4.23. The first kappa shape index (κ1) is 19.6. The molecule has 0 atom stereocenters. The highest BCUT2D eigenvalue weighted by Crippen LogP contribution is 2.34. The highest BCUT2D eigenvalue weighted by molar-refractivity contribution is 5.82. The number of hydrogen-bond acceptors (Lipinski definition) is 3. The quantitative estimate of drug-likeness (QED) is 0.221. The molecule has 0 amide bonds. The van der Waals surface area contributed by atoms with E-state index in [0.717, 1.165) is 33.6 Å². The Morgan fingerprint density at radius 3 is 1.75 bits per heavy atom. The lowest BCUT2D eigenvalue weighted by atomic mass is 10.1. The molecule has 0 fully saturated rings. The third-order valence-corrected chi connectivity index (χ3v) is 5.30. The lowest BCUT2D eigenvalue weighted by Gasteiger charge is -2.25. The van der Waals surface area contributed by atoms with E-state index in [-0.39, 0.29) is 5.63 Å². The first-order valence-electron chi connectivity index (χ1n) is 10.5. The number of benzene rings is 4. The number of fused-ring (bicyclic) bond motifs is 1. The molecule has 5 rings (SSSR count). The molecule has 1 heterocycles. The van der Waals surface area contributed by atoms with Gasteiger partial charge in [0.25, 0.3) is 0 Å². The average Bonchev–Trinajstić information content (AvgIpc) is 2.85. The number of rotatable bonds is 5. The van der Waals surface area contributed by atoms with E-state index < -0.39 is 0 Å². The minimum Gasteiger partial charge on any atom is -0.423 e. The van der Waals surface area contributed by atoms with Crippen molar-refractivity contribution in [2.75, 3.05) is 4.90 Å². The van der Waals surface area contributed by atoms with Crippen LogP contribution in [0.2, 0.25) is 0 Å². The molecule has 0 saturated heterocycles. The van der Waals surface area contributed by atoms with Crippen molar-refractivity contribution in [2.24, 2.45) is 0 Å². The summed E-state index contributed by atoms with van der Waals surface area (Å²) in [5.74, 6) is 0. The maximum atomic E-state index is 11.5. The monoisotopic (exact) mass is 415 g/mol. The predicted octanol–water partition coefficient (Wildman–Crippen LogP) is 7.43. The first-order chi connectivity index (χ1) is 15.8. The Morgan fingerprint density at radius 2 is 1.09 bits per heavy atom. The SMILES string of the molecule is O=c1ccc2ccc(C=Cc3ccc(N(c4ccccc4)c4ccccc4)cc3)cc2o1. The molecule has 154 valence electrons. The third-order valence-electron chi connectivity index (χ3n) is 5.30. The topological polar surface area (TPSA) is 33.5 Å². The summed E-state index contributed by atoms with van der Waals surface area (Å²) in [5.41, 5.74) is 5.63. The Kier molecular flexibility index (Phi) is 5.38. The van der Waals surface area contributed by atoms with Gasteiger partial charge in [-0.3, -0.25) is 0 Å². The predicted molar refractivity (Wildman–Crippen MR) is 133 cm³/mol. The van der Waals surface area contributed by atoms with Crippen LogP contribution in [0.1, 0.15) is 11.1 Å². The second kappa shape index (κ2) is 8.78. The van der Waals surface area contributed by atoms with Crippen LogP contribution in [0.25, 0.3) is 23.1 Å². The van der Waals surface area contributed by atoms with Crippen molar-refractivity contribution in [2.45, 2.75) is 0 Å². The van der Waals surface area contributed by atoms with Gasteiger partial charge in [-0.1, -0.05) is 72.8 Å². The van der Waals surface area contributed by atoms with Crippen molar-refractivity contribution in [1.29, 1.82) is 0 Å². The highest BCUT2D eigenvalue weighted by atomic mass is 16.4. The van der Waals surface area contributed by atoms with Gasteiger partial charge in [0.1, 0.15) is 5.58 Å². The summed E-state index contributed by atoms with van der Waals surface area (Å²) in [4.78, 5) is 13.7. The lowest BCUT2D eigenvalue weighted by Crippen LogP contribution is -2.09. The first-order valence-corrected chi connectivity index (χ1v) is 10.5. The van der Waals surface area contributed by atoms with Gasteiger partial charge in [-0.05, 0) is 59.7 Å². The van der Waals surface area contributed by atoms with Gasteiger partial charge in [0.2, 0.25) is 0 Å². The van der Waals surface area contributed by atoms with E-state index >= 15 is 0 Å². The molecular formula is C29H21NO2. The molecule has 0 aliphatic rings. The Hall–Kier alpha value is -4.37. The zero-order valence-corrected chi connectivity index (χ0v) is 17.4. The second-order valence-corrected chi connectivity index (χ2v) is 7.48. The smallest absolute Gasteiger partial charge is 0.336 e. The van der Waals surface area contributed by atoms with Crippen LogP contribution < -0.4 is 10.5 Å². The number of hydrogen-bond donors (Lipinski definition) is 0. The van der Waals surface area contributed by atoms with Gasteiger partial charge in [-0.15, -0.1) is 0 Å². The number of nitrogens with zero attached hydrogens (tertiary/aromatic N) is 1. The maximum absolute atomic E-state index is 11.5. The Bertz CT molecular complexity index is 1380. The van der Waals surface area contributed by atoms with Gasteiger partial charge in [0, 0.05) is 28.5 Å². The van der Waals surface area contributed by atoms with E-state index in [1.165, 1.54) is 6.07 Å². The van der Waals surface area contributed by atoms with Crippen LogP contribution in [-0.4, -0.2) is 0 Å². The van der Waals surface area contributed by atoms with Crippen molar-refractivity contribution < 1.29 is 4.42 Å². The van der Waals surface area contributed by atoms with Gasteiger partial charge in [0.15, 0.2) is 0 Å². The molecule has 5 aromatic rings. The normalized spacial score (nSPS) is 11.1. The van der Waals surface area contributed by atoms with Crippen LogP contribution in [0.5, 0.6) is 0 Å². The molecule has 0 spiro atoms. The van der Waals surface area contributed by atoms with Gasteiger partial charge >= 0.3 is 5.63 Å². The molecule has 4 aromatic carbocycles. The molecule has 0 radical (unpaired) electrons. The zero-order chi connectivity index (χ0) is 21.8. The summed E-state index contributed by atoms with van der Waals surface area (Å²) in [6, 6.07) is 38.2. The Morgan fingerprint density at radius 1 is 0.562 bits per heavy atom. The molecule has 0 aliphatic heterocycles. The largest absolute Gasteiger partial charge is 0.423 e. The minimum absolute atomic E-state index is 0.337. The van der Waals surface area contributed by atoms with E-state index in [0.29, 0.717) is 5.58 Å². The molecule has 32 heavy (non-hydrogen) atoms. The van der Waals surface area contributed by atoms with E-state index in [2.05, 4.69) is 59.5 Å². The molecule has 0 aliphatic carbocycles. The molecule has 0 saturated carbocycles. The number of para-hydroxylation sites is 2. The van der Waals surface area contributed by atoms with Crippen molar-refractivity contribution in [3.8, 4) is 0 Å². The van der Waals surface area contributed by atoms with Crippen molar-refractivity contribution in [1.82, 2.24) is 0 Å². The van der Waals surface area contributed by atoms with Crippen LogP contribution in [0.15, 0.2) is 124 Å². The van der Waals surface area contributed by atoms with Gasteiger partial charge in [-0.25, -0.2) is 4.79 Å². The molecule has 0 unspecified atom stereocenters. The standard InChI is InChI=1S/C29H21NO2/c31-29-20-17-24-16-13-23(21-28(24)32-29)12-11-22-14-18-27(19-15-22)30(25-7-3-1-4-8-25)26-9-5-2-6-10-26/h1-21H. The van der Waals surface area contributed by atoms with Crippen molar-refractivity contribution >= 4 is 40.2 Å². The fraction of sp³-hybridized carbons (Fsp3) is 0. The average molecular weight is 415 g/mol. The van der Waals surface area contributed by atoms with Crippen molar-refractivity contribution in [3.63, 3.8) is 0 Å². The van der Waals surface area contributed by atoms with E-state index in [9.17, 15) is 4.79 Å². The maximum Gasteiger partial charge on any atom is 0.336 e. The molecule has 0 N–H and O–H groups in total. The van der Waals surface area contributed by atoms with Crippen molar-refractivity contribution in [3.05, 3.63) is 137 Å². The summed E-state index contributed by atoms with van der Waals surface area (Å²) in [6.07, 6.45) is 4.08. The summed E-state index contributed by atoms with van der Waals surface area (Å²) in [6.45, 7) is 0. The van der Waals surface area contributed by atoms with E-state index in [1.54, 1.807) is 6.07 Å². The fourth-order valence-corrected chi connectivity index (χ4v) is 3.71. The van der Waals surface area contributed by atoms with Crippen LogP contribution in [0.4, 0.5) is 17.1 Å². The molecule has 1 aromatic heterocycles. The molecule has 3 heteroatoms. The number of anilines is 3. The van der Waals surface area contributed by atoms with Crippen LogP contribution >= 0.6 is 0 Å². The second-order valence-electron chi connectivity index (χ2n) is 7.48.